The van der Waals surface area contributed by atoms with E-state index in [1.54, 1.807) is 6.20 Å². The number of nitrogens with zero attached hydrogens (tertiary/aromatic N) is 5. The van der Waals surface area contributed by atoms with E-state index in [1.165, 1.54) is 0 Å². The molecule has 0 amide bonds. The van der Waals surface area contributed by atoms with Gasteiger partial charge >= 0.3 is 0 Å². The van der Waals surface area contributed by atoms with Crippen molar-refractivity contribution in [1.82, 2.24) is 24.9 Å². The molecular weight excluding hydrogens is 326 g/mol. The fraction of sp³-hybridized carbons (Fsp3) is 0.421. The number of aromatic nitrogens is 4. The van der Waals surface area contributed by atoms with E-state index in [-0.39, 0.29) is 0 Å². The highest BCUT2D eigenvalue weighted by Gasteiger charge is 2.23. The topological polar surface area (TPSA) is 84.4 Å². The lowest BCUT2D eigenvalue weighted by Crippen LogP contribution is -2.54. The molecule has 2 atom stereocenters. The summed E-state index contributed by atoms with van der Waals surface area (Å²) in [6, 6.07) is 8.98. The van der Waals surface area contributed by atoms with Crippen molar-refractivity contribution in [3.63, 3.8) is 0 Å². The van der Waals surface area contributed by atoms with Crippen LogP contribution in [0.2, 0.25) is 0 Å². The second-order valence-electron chi connectivity index (χ2n) is 7.12. The van der Waals surface area contributed by atoms with Crippen molar-refractivity contribution in [1.29, 1.82) is 0 Å². The second kappa shape index (κ2) is 6.66. The fourth-order valence-electron chi connectivity index (χ4n) is 3.78. The Bertz CT molecular complexity index is 923. The molecule has 2 unspecified atom stereocenters. The number of piperazine rings is 1. The maximum Gasteiger partial charge on any atom is 0.154 e. The first-order chi connectivity index (χ1) is 12.5. The highest BCUT2D eigenvalue weighted by molar-refractivity contribution is 5.67. The van der Waals surface area contributed by atoms with Crippen molar-refractivity contribution in [2.24, 2.45) is 5.73 Å². The molecule has 1 fully saturated rings. The molecular formula is C19H25N7. The van der Waals surface area contributed by atoms with Crippen LogP contribution in [0.15, 0.2) is 30.5 Å². The van der Waals surface area contributed by atoms with Crippen LogP contribution >= 0.6 is 0 Å². The molecule has 0 spiro atoms. The van der Waals surface area contributed by atoms with Gasteiger partial charge < -0.3 is 16.0 Å². The standard InChI is InChI=1S/C19H25N7/c1-12-10-25(11-13(2)22-12)18-5-4-17-23-14(3)19(26(17)24-18)15-6-7-21-16(8-15)9-20/h4-8,12-13,22H,9-11,20H2,1-3H3. The van der Waals surface area contributed by atoms with Crippen LogP contribution in [0.25, 0.3) is 16.9 Å². The molecule has 0 saturated carbocycles. The average molecular weight is 351 g/mol. The number of imidazole rings is 1. The molecule has 7 nitrogen and oxygen atoms in total. The third kappa shape index (κ3) is 3.04. The maximum atomic E-state index is 5.76. The van der Waals surface area contributed by atoms with Crippen LogP contribution in [-0.2, 0) is 6.54 Å². The number of nitrogens with one attached hydrogen (secondary N) is 1. The Hall–Kier alpha value is -2.51. The van der Waals surface area contributed by atoms with Crippen LogP contribution in [-0.4, -0.2) is 44.8 Å². The first kappa shape index (κ1) is 16.9. The van der Waals surface area contributed by atoms with Crippen molar-refractivity contribution >= 4 is 11.5 Å². The van der Waals surface area contributed by atoms with Gasteiger partial charge in [-0.1, -0.05) is 0 Å². The Morgan fingerprint density at radius 3 is 2.69 bits per heavy atom. The highest BCUT2D eigenvalue weighted by Crippen LogP contribution is 2.26. The quantitative estimate of drug-likeness (QED) is 0.748. The summed E-state index contributed by atoms with van der Waals surface area (Å²) in [6.07, 6.45) is 1.79. The van der Waals surface area contributed by atoms with Gasteiger partial charge in [-0.15, -0.1) is 5.10 Å². The van der Waals surface area contributed by atoms with Crippen molar-refractivity contribution in [2.75, 3.05) is 18.0 Å². The number of nitrogens with two attached hydrogens (primary N) is 1. The summed E-state index contributed by atoms with van der Waals surface area (Å²) in [5.74, 6) is 0.976. The lowest BCUT2D eigenvalue weighted by atomic mass is 10.1. The van der Waals surface area contributed by atoms with Gasteiger partial charge in [-0.3, -0.25) is 4.98 Å². The predicted octanol–water partition coefficient (Wildman–Crippen LogP) is 1.75. The van der Waals surface area contributed by atoms with Gasteiger partial charge in [-0.25, -0.2) is 9.50 Å². The van der Waals surface area contributed by atoms with Gasteiger partial charge in [0.05, 0.1) is 17.1 Å². The molecule has 0 aromatic carbocycles. The molecule has 1 saturated heterocycles. The van der Waals surface area contributed by atoms with Gasteiger partial charge in [-0.2, -0.15) is 0 Å². The Labute approximate surface area is 153 Å². The van der Waals surface area contributed by atoms with Crippen molar-refractivity contribution < 1.29 is 0 Å². The van der Waals surface area contributed by atoms with Gasteiger partial charge in [0, 0.05) is 43.5 Å². The molecule has 7 heteroatoms. The Morgan fingerprint density at radius 1 is 1.19 bits per heavy atom. The Balaban J connectivity index is 1.80. The van der Waals surface area contributed by atoms with Crippen molar-refractivity contribution in [3.05, 3.63) is 41.9 Å². The zero-order chi connectivity index (χ0) is 18.3. The molecule has 3 aromatic heterocycles. The second-order valence-corrected chi connectivity index (χ2v) is 7.12. The number of pyridine rings is 1. The number of fused-ring (bicyclic) bond motifs is 1. The van der Waals surface area contributed by atoms with Gasteiger partial charge in [0.1, 0.15) is 5.82 Å². The van der Waals surface area contributed by atoms with Crippen molar-refractivity contribution in [3.8, 4) is 11.3 Å². The summed E-state index contributed by atoms with van der Waals surface area (Å²) in [7, 11) is 0. The molecule has 136 valence electrons. The minimum atomic E-state index is 0.416. The van der Waals surface area contributed by atoms with Crippen LogP contribution < -0.4 is 16.0 Å². The number of aryl methyl sites for hydroxylation is 1. The van der Waals surface area contributed by atoms with E-state index in [2.05, 4.69) is 40.1 Å². The van der Waals surface area contributed by atoms with Crippen LogP contribution in [0.3, 0.4) is 0 Å². The predicted molar refractivity (Wildman–Crippen MR) is 103 cm³/mol. The van der Waals surface area contributed by atoms with E-state index < -0.39 is 0 Å². The number of anilines is 1. The first-order valence-electron chi connectivity index (χ1n) is 9.08. The number of rotatable bonds is 3. The molecule has 0 radical (unpaired) electrons. The van der Waals surface area contributed by atoms with E-state index in [1.807, 2.05) is 29.6 Å². The smallest absolute Gasteiger partial charge is 0.154 e. The largest absolute Gasteiger partial charge is 0.352 e. The SMILES string of the molecule is Cc1nc2ccc(N3CC(C)NC(C)C3)nn2c1-c1ccnc(CN)c1. The molecule has 1 aliphatic rings. The summed E-state index contributed by atoms with van der Waals surface area (Å²) in [4.78, 5) is 11.3. The van der Waals surface area contributed by atoms with E-state index >= 15 is 0 Å². The lowest BCUT2D eigenvalue weighted by molar-refractivity contribution is 0.404. The molecule has 4 rings (SSSR count). The summed E-state index contributed by atoms with van der Waals surface area (Å²) in [6.45, 7) is 8.73. The normalized spacial score (nSPS) is 20.7. The van der Waals surface area contributed by atoms with Gasteiger partial charge in [0.15, 0.2) is 5.65 Å². The van der Waals surface area contributed by atoms with E-state index in [9.17, 15) is 0 Å². The summed E-state index contributed by atoms with van der Waals surface area (Å²) < 4.78 is 1.94. The summed E-state index contributed by atoms with van der Waals surface area (Å²) in [5, 5.41) is 8.48. The van der Waals surface area contributed by atoms with Crippen LogP contribution in [0.5, 0.6) is 0 Å². The van der Waals surface area contributed by atoms with Crippen LogP contribution in [0, 0.1) is 6.92 Å². The minimum Gasteiger partial charge on any atom is -0.352 e. The number of hydrogen-bond acceptors (Lipinski definition) is 6. The molecule has 3 N–H and O–H groups in total. The number of hydrogen-bond donors (Lipinski definition) is 2. The minimum absolute atomic E-state index is 0.416. The van der Waals surface area contributed by atoms with Crippen molar-refractivity contribution in [2.45, 2.75) is 39.4 Å². The molecule has 4 heterocycles. The maximum absolute atomic E-state index is 5.76. The zero-order valence-electron chi connectivity index (χ0n) is 15.5. The van der Waals surface area contributed by atoms with E-state index in [4.69, 9.17) is 10.8 Å². The molecule has 0 aliphatic carbocycles. The summed E-state index contributed by atoms with van der Waals surface area (Å²) in [5.41, 5.74) is 10.5. The average Bonchev–Trinajstić information content (AvgIpc) is 2.95. The van der Waals surface area contributed by atoms with Crippen LogP contribution in [0.1, 0.15) is 25.2 Å². The Morgan fingerprint density at radius 2 is 1.96 bits per heavy atom. The molecule has 26 heavy (non-hydrogen) atoms. The van der Waals surface area contributed by atoms with E-state index in [0.717, 1.165) is 47.2 Å². The fourth-order valence-corrected chi connectivity index (χ4v) is 3.78. The van der Waals surface area contributed by atoms with Gasteiger partial charge in [0.2, 0.25) is 0 Å². The zero-order valence-corrected chi connectivity index (χ0v) is 15.5. The third-order valence-electron chi connectivity index (χ3n) is 4.82. The first-order valence-corrected chi connectivity index (χ1v) is 9.08. The van der Waals surface area contributed by atoms with Gasteiger partial charge in [0.25, 0.3) is 0 Å². The molecule has 1 aliphatic heterocycles. The third-order valence-corrected chi connectivity index (χ3v) is 4.82. The molecule has 0 bridgehead atoms. The highest BCUT2D eigenvalue weighted by atomic mass is 15.4. The van der Waals surface area contributed by atoms with Crippen LogP contribution in [0.4, 0.5) is 5.82 Å². The molecule has 3 aromatic rings. The monoisotopic (exact) mass is 351 g/mol. The van der Waals surface area contributed by atoms with Gasteiger partial charge in [-0.05, 0) is 45.0 Å². The summed E-state index contributed by atoms with van der Waals surface area (Å²) >= 11 is 0. The lowest BCUT2D eigenvalue weighted by Gasteiger charge is -2.36. The van der Waals surface area contributed by atoms with E-state index in [0.29, 0.717) is 18.6 Å². The Kier molecular flexibility index (Phi) is 4.34.